The van der Waals surface area contributed by atoms with Crippen molar-refractivity contribution in [3.05, 3.63) is 69.7 Å². The van der Waals surface area contributed by atoms with Crippen LogP contribution in [0.1, 0.15) is 39.5 Å². The van der Waals surface area contributed by atoms with Crippen LogP contribution in [0.4, 0.5) is 0 Å². The number of hydrogen-bond acceptors (Lipinski definition) is 3. The molecule has 0 bridgehead atoms. The summed E-state index contributed by atoms with van der Waals surface area (Å²) >= 11 is 6.22. The third-order valence-electron chi connectivity index (χ3n) is 3.81. The van der Waals surface area contributed by atoms with Gasteiger partial charge in [0, 0.05) is 10.6 Å². The summed E-state index contributed by atoms with van der Waals surface area (Å²) in [6.07, 6.45) is 0.0108. The van der Waals surface area contributed by atoms with E-state index in [0.717, 1.165) is 11.1 Å². The minimum absolute atomic E-state index is 0.0108. The predicted octanol–water partition coefficient (Wildman–Crippen LogP) is 3.99. The van der Waals surface area contributed by atoms with E-state index in [-0.39, 0.29) is 12.3 Å². The van der Waals surface area contributed by atoms with Crippen LogP contribution in [0.3, 0.4) is 0 Å². The highest BCUT2D eigenvalue weighted by molar-refractivity contribution is 6.31. The normalized spacial score (nSPS) is 11.7. The van der Waals surface area contributed by atoms with Crippen molar-refractivity contribution in [1.29, 1.82) is 0 Å². The molecule has 0 aromatic heterocycles. The lowest BCUT2D eigenvalue weighted by molar-refractivity contribution is -0.141. The Kier molecular flexibility index (Phi) is 5.99. The lowest BCUT2D eigenvalue weighted by Gasteiger charge is -2.20. The van der Waals surface area contributed by atoms with E-state index in [2.05, 4.69) is 5.32 Å². The highest BCUT2D eigenvalue weighted by Crippen LogP contribution is 2.26. The van der Waals surface area contributed by atoms with E-state index < -0.39 is 12.0 Å². The minimum Gasteiger partial charge on any atom is -0.469 e. The summed E-state index contributed by atoms with van der Waals surface area (Å²) in [5, 5.41) is 3.38. The van der Waals surface area contributed by atoms with Gasteiger partial charge in [-0.05, 0) is 37.1 Å². The van der Waals surface area contributed by atoms with Crippen LogP contribution in [-0.4, -0.2) is 19.0 Å². The fourth-order valence-corrected chi connectivity index (χ4v) is 2.82. The number of methoxy groups -OCH3 is 1. The van der Waals surface area contributed by atoms with E-state index in [1.807, 2.05) is 32.0 Å². The van der Waals surface area contributed by atoms with Gasteiger partial charge in [0.25, 0.3) is 5.91 Å². The Morgan fingerprint density at radius 2 is 1.88 bits per heavy atom. The molecule has 0 fully saturated rings. The van der Waals surface area contributed by atoms with Crippen molar-refractivity contribution in [1.82, 2.24) is 5.32 Å². The number of rotatable bonds is 5. The van der Waals surface area contributed by atoms with Crippen LogP contribution >= 0.6 is 11.6 Å². The topological polar surface area (TPSA) is 55.4 Å². The van der Waals surface area contributed by atoms with Gasteiger partial charge in [0.2, 0.25) is 0 Å². The van der Waals surface area contributed by atoms with Crippen molar-refractivity contribution in [2.24, 2.45) is 0 Å². The van der Waals surface area contributed by atoms with Crippen molar-refractivity contribution in [3.8, 4) is 0 Å². The zero-order valence-corrected chi connectivity index (χ0v) is 14.7. The van der Waals surface area contributed by atoms with Gasteiger partial charge in [0.1, 0.15) is 0 Å². The smallest absolute Gasteiger partial charge is 0.307 e. The number of halogens is 1. The van der Waals surface area contributed by atoms with Crippen LogP contribution in [0.15, 0.2) is 42.5 Å². The Morgan fingerprint density at radius 1 is 1.17 bits per heavy atom. The number of esters is 1. The molecule has 0 aliphatic carbocycles. The molecule has 0 aliphatic heterocycles. The maximum Gasteiger partial charge on any atom is 0.307 e. The van der Waals surface area contributed by atoms with Crippen LogP contribution in [-0.2, 0) is 9.53 Å². The molecule has 0 aliphatic rings. The molecular weight excluding hydrogens is 326 g/mol. The highest BCUT2D eigenvalue weighted by Gasteiger charge is 2.22. The molecule has 2 aromatic carbocycles. The summed E-state index contributed by atoms with van der Waals surface area (Å²) < 4.78 is 4.74. The third kappa shape index (κ3) is 4.36. The Morgan fingerprint density at radius 3 is 2.50 bits per heavy atom. The van der Waals surface area contributed by atoms with Gasteiger partial charge in [0.05, 0.1) is 19.6 Å². The van der Waals surface area contributed by atoms with Gasteiger partial charge in [0.15, 0.2) is 0 Å². The van der Waals surface area contributed by atoms with Crippen molar-refractivity contribution in [2.45, 2.75) is 26.3 Å². The van der Waals surface area contributed by atoms with Gasteiger partial charge < -0.3 is 10.1 Å². The zero-order chi connectivity index (χ0) is 17.7. The number of carbonyl (C=O) groups is 2. The molecule has 1 unspecified atom stereocenters. The molecule has 4 nitrogen and oxygen atoms in total. The lowest BCUT2D eigenvalue weighted by Crippen LogP contribution is -2.31. The molecule has 5 heteroatoms. The van der Waals surface area contributed by atoms with E-state index in [0.29, 0.717) is 16.1 Å². The summed E-state index contributed by atoms with van der Waals surface area (Å²) in [5.41, 5.74) is 3.22. The molecule has 0 spiro atoms. The molecular formula is C19H20ClNO3. The summed E-state index contributed by atoms with van der Waals surface area (Å²) in [6.45, 7) is 3.85. The van der Waals surface area contributed by atoms with Crippen LogP contribution in [0.5, 0.6) is 0 Å². The summed E-state index contributed by atoms with van der Waals surface area (Å²) in [7, 11) is 1.32. The maximum atomic E-state index is 12.6. The molecule has 24 heavy (non-hydrogen) atoms. The number of hydrogen-bond donors (Lipinski definition) is 1. The number of ether oxygens (including phenoxy) is 1. The monoisotopic (exact) mass is 345 g/mol. The average Bonchev–Trinajstić information content (AvgIpc) is 2.54. The molecule has 126 valence electrons. The van der Waals surface area contributed by atoms with E-state index in [9.17, 15) is 9.59 Å². The van der Waals surface area contributed by atoms with Gasteiger partial charge in [-0.1, -0.05) is 47.5 Å². The first-order chi connectivity index (χ1) is 11.4. The molecule has 1 N–H and O–H groups in total. The molecule has 2 aromatic rings. The highest BCUT2D eigenvalue weighted by atomic mass is 35.5. The second-order valence-corrected chi connectivity index (χ2v) is 6.05. The second kappa shape index (κ2) is 7.97. The minimum atomic E-state index is -0.556. The standard InChI is InChI=1S/C19H20ClNO3/c1-12-8-9-14(13(2)10-12)19(23)21-17(11-18(22)24-3)15-6-4-5-7-16(15)20/h4-10,17H,11H2,1-3H3,(H,21,23). The van der Waals surface area contributed by atoms with Gasteiger partial charge in [-0.3, -0.25) is 9.59 Å². The van der Waals surface area contributed by atoms with Crippen LogP contribution < -0.4 is 5.32 Å². The Hall–Kier alpha value is -2.33. The molecule has 0 heterocycles. The Bertz CT molecular complexity index is 758. The van der Waals surface area contributed by atoms with Crippen LogP contribution in [0, 0.1) is 13.8 Å². The predicted molar refractivity (Wildman–Crippen MR) is 94.2 cm³/mol. The van der Waals surface area contributed by atoms with Gasteiger partial charge >= 0.3 is 5.97 Å². The Balaban J connectivity index is 2.29. The van der Waals surface area contributed by atoms with Crippen molar-refractivity contribution in [3.63, 3.8) is 0 Å². The van der Waals surface area contributed by atoms with Crippen LogP contribution in [0.25, 0.3) is 0 Å². The number of amides is 1. The maximum absolute atomic E-state index is 12.6. The zero-order valence-electron chi connectivity index (χ0n) is 13.9. The SMILES string of the molecule is COC(=O)CC(NC(=O)c1ccc(C)cc1C)c1ccccc1Cl. The quantitative estimate of drug-likeness (QED) is 0.833. The Labute approximate surface area is 146 Å². The average molecular weight is 346 g/mol. The van der Waals surface area contributed by atoms with Crippen LogP contribution in [0.2, 0.25) is 5.02 Å². The molecule has 1 atom stereocenters. The van der Waals surface area contributed by atoms with Gasteiger partial charge in [-0.15, -0.1) is 0 Å². The van der Waals surface area contributed by atoms with Crippen molar-refractivity contribution >= 4 is 23.5 Å². The molecule has 1 amide bonds. The molecule has 0 saturated heterocycles. The first kappa shape index (κ1) is 18.0. The van der Waals surface area contributed by atoms with Gasteiger partial charge in [-0.25, -0.2) is 0 Å². The summed E-state index contributed by atoms with van der Waals surface area (Å²) in [6, 6.07) is 12.2. The number of nitrogens with one attached hydrogen (secondary N) is 1. The first-order valence-corrected chi connectivity index (χ1v) is 7.99. The van der Waals surface area contributed by atoms with Crippen molar-refractivity contribution in [2.75, 3.05) is 7.11 Å². The summed E-state index contributed by atoms with van der Waals surface area (Å²) in [5.74, 6) is -0.665. The number of carbonyl (C=O) groups excluding carboxylic acids is 2. The molecule has 0 radical (unpaired) electrons. The lowest BCUT2D eigenvalue weighted by atomic mass is 10.0. The second-order valence-electron chi connectivity index (χ2n) is 5.65. The number of benzene rings is 2. The number of aryl methyl sites for hydroxylation is 2. The first-order valence-electron chi connectivity index (χ1n) is 7.61. The van der Waals surface area contributed by atoms with Gasteiger partial charge in [-0.2, -0.15) is 0 Å². The fraction of sp³-hybridized carbons (Fsp3) is 0.263. The van der Waals surface area contributed by atoms with E-state index in [1.54, 1.807) is 24.3 Å². The summed E-state index contributed by atoms with van der Waals surface area (Å²) in [4.78, 5) is 24.4. The van der Waals surface area contributed by atoms with E-state index >= 15 is 0 Å². The molecule has 0 saturated carbocycles. The van der Waals surface area contributed by atoms with Crippen molar-refractivity contribution < 1.29 is 14.3 Å². The fourth-order valence-electron chi connectivity index (χ4n) is 2.55. The third-order valence-corrected chi connectivity index (χ3v) is 4.16. The largest absolute Gasteiger partial charge is 0.469 e. The van der Waals surface area contributed by atoms with E-state index in [4.69, 9.17) is 16.3 Å². The van der Waals surface area contributed by atoms with E-state index in [1.165, 1.54) is 7.11 Å². The molecule has 2 rings (SSSR count).